The van der Waals surface area contributed by atoms with Crippen LogP contribution in [0.2, 0.25) is 0 Å². The van der Waals surface area contributed by atoms with Crippen molar-refractivity contribution >= 4 is 11.5 Å². The average Bonchev–Trinajstić information content (AvgIpc) is 2.62. The van der Waals surface area contributed by atoms with Crippen LogP contribution in [0.15, 0.2) is 54.6 Å². The molecule has 3 heteroatoms. The van der Waals surface area contributed by atoms with Crippen LogP contribution < -0.4 is 4.90 Å². The number of aliphatic hydroxyl groups is 1. The molecule has 1 N–H and O–H groups in total. The highest BCUT2D eigenvalue weighted by Crippen LogP contribution is 2.29. The summed E-state index contributed by atoms with van der Waals surface area (Å²) in [6.45, 7) is 3.56. The van der Waals surface area contributed by atoms with Gasteiger partial charge in [0.1, 0.15) is 0 Å². The number of rotatable bonds is 5. The zero-order chi connectivity index (χ0) is 17.0. The zero-order valence-electron chi connectivity index (χ0n) is 14.2. The number of ketones is 1. The molecule has 3 nitrogen and oxygen atoms in total. The third-order valence-electron chi connectivity index (χ3n) is 4.95. The third kappa shape index (κ3) is 3.85. The molecule has 0 bridgehead atoms. The lowest BCUT2D eigenvalue weighted by molar-refractivity contribution is 0.0165. The summed E-state index contributed by atoms with van der Waals surface area (Å²) in [4.78, 5) is 14.0. The third-order valence-corrected chi connectivity index (χ3v) is 4.95. The van der Waals surface area contributed by atoms with Gasteiger partial charge < -0.3 is 10.0 Å². The second kappa shape index (κ2) is 7.18. The largest absolute Gasteiger partial charge is 0.389 e. The number of hydrogen-bond acceptors (Lipinski definition) is 3. The van der Waals surface area contributed by atoms with Gasteiger partial charge in [-0.05, 0) is 42.7 Å². The highest BCUT2D eigenvalue weighted by molar-refractivity contribution is 5.96. The fraction of sp³-hybridized carbons (Fsp3) is 0.381. The Morgan fingerprint density at radius 1 is 1.04 bits per heavy atom. The van der Waals surface area contributed by atoms with Gasteiger partial charge in [0, 0.05) is 37.2 Å². The van der Waals surface area contributed by atoms with Crippen LogP contribution in [0.1, 0.15) is 42.1 Å². The number of nitrogens with zero attached hydrogens (tertiary/aromatic N) is 1. The van der Waals surface area contributed by atoms with E-state index in [0.717, 1.165) is 37.2 Å². The summed E-state index contributed by atoms with van der Waals surface area (Å²) in [6, 6.07) is 18.1. The molecule has 0 spiro atoms. The second-order valence-electron chi connectivity index (χ2n) is 6.70. The van der Waals surface area contributed by atoms with Gasteiger partial charge in [-0.1, -0.05) is 37.3 Å². The van der Waals surface area contributed by atoms with Gasteiger partial charge >= 0.3 is 0 Å². The highest BCUT2D eigenvalue weighted by Gasteiger charge is 2.32. The van der Waals surface area contributed by atoms with E-state index < -0.39 is 5.60 Å². The van der Waals surface area contributed by atoms with Gasteiger partial charge in [-0.2, -0.15) is 0 Å². The maximum atomic E-state index is 11.7. The Morgan fingerprint density at radius 2 is 1.67 bits per heavy atom. The molecule has 0 radical (unpaired) electrons. The first-order valence-corrected chi connectivity index (χ1v) is 8.74. The summed E-state index contributed by atoms with van der Waals surface area (Å²) in [7, 11) is 0. The maximum absolute atomic E-state index is 11.7. The fourth-order valence-electron chi connectivity index (χ4n) is 3.40. The number of carbonyl (C=O) groups is 1. The molecule has 2 aromatic carbocycles. The highest BCUT2D eigenvalue weighted by atomic mass is 16.3. The van der Waals surface area contributed by atoms with E-state index in [1.54, 1.807) is 0 Å². The van der Waals surface area contributed by atoms with Gasteiger partial charge in [-0.25, -0.2) is 0 Å². The van der Waals surface area contributed by atoms with E-state index in [4.69, 9.17) is 0 Å². The van der Waals surface area contributed by atoms with E-state index in [2.05, 4.69) is 17.0 Å². The van der Waals surface area contributed by atoms with Gasteiger partial charge in [0.2, 0.25) is 0 Å². The van der Waals surface area contributed by atoms with Crippen LogP contribution in [0.4, 0.5) is 5.69 Å². The molecular weight excluding hydrogens is 298 g/mol. The van der Waals surface area contributed by atoms with Crippen molar-refractivity contribution < 1.29 is 9.90 Å². The van der Waals surface area contributed by atoms with E-state index in [1.165, 1.54) is 5.56 Å². The molecule has 126 valence electrons. The minimum Gasteiger partial charge on any atom is -0.389 e. The normalized spacial score (nSPS) is 16.8. The first-order chi connectivity index (χ1) is 11.6. The van der Waals surface area contributed by atoms with Gasteiger partial charge in [-0.15, -0.1) is 0 Å². The average molecular weight is 323 g/mol. The van der Waals surface area contributed by atoms with E-state index in [0.29, 0.717) is 12.8 Å². The molecule has 2 aromatic rings. The van der Waals surface area contributed by atoms with Crippen molar-refractivity contribution in [2.24, 2.45) is 0 Å². The number of benzene rings is 2. The SMILES string of the molecule is CCC(=O)c1ccc(N2CCC(O)(Cc3ccccc3)CC2)cc1. The number of Topliss-reactive ketones (excluding diaryl/α,β-unsaturated/α-hetero) is 1. The number of anilines is 1. The second-order valence-corrected chi connectivity index (χ2v) is 6.70. The summed E-state index contributed by atoms with van der Waals surface area (Å²) in [6.07, 6.45) is 2.77. The first-order valence-electron chi connectivity index (χ1n) is 8.74. The van der Waals surface area contributed by atoms with E-state index >= 15 is 0 Å². The molecule has 1 aliphatic rings. The molecule has 0 unspecified atom stereocenters. The molecule has 0 atom stereocenters. The molecule has 3 rings (SSSR count). The van der Waals surface area contributed by atoms with Crippen LogP contribution in [-0.4, -0.2) is 29.6 Å². The monoisotopic (exact) mass is 323 g/mol. The molecule has 1 fully saturated rings. The smallest absolute Gasteiger partial charge is 0.162 e. The molecule has 0 saturated carbocycles. The number of carbonyl (C=O) groups excluding carboxylic acids is 1. The zero-order valence-corrected chi connectivity index (χ0v) is 14.2. The van der Waals surface area contributed by atoms with Crippen molar-refractivity contribution in [2.75, 3.05) is 18.0 Å². The van der Waals surface area contributed by atoms with Gasteiger partial charge in [0.15, 0.2) is 5.78 Å². The van der Waals surface area contributed by atoms with Crippen LogP contribution >= 0.6 is 0 Å². The summed E-state index contributed by atoms with van der Waals surface area (Å²) in [5.74, 6) is 0.178. The Bertz CT molecular complexity index is 671. The Kier molecular flexibility index (Phi) is 5.00. The minimum atomic E-state index is -0.615. The van der Waals surface area contributed by atoms with Crippen LogP contribution in [0, 0.1) is 0 Å². The maximum Gasteiger partial charge on any atom is 0.162 e. The summed E-state index contributed by atoms with van der Waals surface area (Å²) >= 11 is 0. The fourth-order valence-corrected chi connectivity index (χ4v) is 3.40. The van der Waals surface area contributed by atoms with Crippen molar-refractivity contribution in [3.05, 3.63) is 65.7 Å². The molecule has 24 heavy (non-hydrogen) atoms. The molecule has 0 aromatic heterocycles. The molecule has 1 heterocycles. The predicted molar refractivity (Wildman–Crippen MR) is 97.6 cm³/mol. The number of piperidine rings is 1. The van der Waals surface area contributed by atoms with E-state index in [1.807, 2.05) is 49.4 Å². The van der Waals surface area contributed by atoms with Gasteiger partial charge in [0.05, 0.1) is 5.60 Å². The molecular formula is C21H25NO2. The van der Waals surface area contributed by atoms with Crippen LogP contribution in [0.3, 0.4) is 0 Å². The van der Waals surface area contributed by atoms with Crippen molar-refractivity contribution in [1.82, 2.24) is 0 Å². The number of hydrogen-bond donors (Lipinski definition) is 1. The Balaban J connectivity index is 1.61. The summed E-state index contributed by atoms with van der Waals surface area (Å²) < 4.78 is 0. The quantitative estimate of drug-likeness (QED) is 0.850. The van der Waals surface area contributed by atoms with Gasteiger partial charge in [-0.3, -0.25) is 4.79 Å². The Labute approximate surface area is 143 Å². The molecule has 0 amide bonds. The van der Waals surface area contributed by atoms with E-state index in [9.17, 15) is 9.90 Å². The lowest BCUT2D eigenvalue weighted by Gasteiger charge is -2.39. The summed E-state index contributed by atoms with van der Waals surface area (Å²) in [5.41, 5.74) is 2.48. The molecule has 1 saturated heterocycles. The lowest BCUT2D eigenvalue weighted by Crippen LogP contribution is -2.45. The minimum absolute atomic E-state index is 0.178. The van der Waals surface area contributed by atoms with Gasteiger partial charge in [0.25, 0.3) is 0 Å². The van der Waals surface area contributed by atoms with Crippen molar-refractivity contribution in [1.29, 1.82) is 0 Å². The Hall–Kier alpha value is -2.13. The topological polar surface area (TPSA) is 40.5 Å². The van der Waals surface area contributed by atoms with Crippen molar-refractivity contribution in [3.8, 4) is 0 Å². The van der Waals surface area contributed by atoms with E-state index in [-0.39, 0.29) is 5.78 Å². The lowest BCUT2D eigenvalue weighted by atomic mass is 9.85. The van der Waals surface area contributed by atoms with Crippen LogP contribution in [-0.2, 0) is 6.42 Å². The Morgan fingerprint density at radius 3 is 2.25 bits per heavy atom. The van der Waals surface area contributed by atoms with Crippen LogP contribution in [0.25, 0.3) is 0 Å². The standard InChI is InChI=1S/C21H25NO2/c1-2-20(23)18-8-10-19(11-9-18)22-14-12-21(24,13-15-22)16-17-6-4-3-5-7-17/h3-11,24H,2,12-16H2,1H3. The predicted octanol–water partition coefficient (Wildman–Crippen LogP) is 3.85. The van der Waals surface area contributed by atoms with Crippen molar-refractivity contribution in [2.45, 2.75) is 38.2 Å². The van der Waals surface area contributed by atoms with Crippen molar-refractivity contribution in [3.63, 3.8) is 0 Å². The molecule has 0 aliphatic carbocycles. The van der Waals surface area contributed by atoms with Crippen LogP contribution in [0.5, 0.6) is 0 Å². The molecule has 1 aliphatic heterocycles. The summed E-state index contributed by atoms with van der Waals surface area (Å²) in [5, 5.41) is 10.9. The first kappa shape index (κ1) is 16.7.